The van der Waals surface area contributed by atoms with Gasteiger partial charge >= 0.3 is 0 Å². The molecule has 0 unspecified atom stereocenters. The molecule has 0 aromatic heterocycles. The minimum atomic E-state index is -1.17. The van der Waals surface area contributed by atoms with Crippen LogP contribution < -0.4 is 5.73 Å². The molecule has 1 aromatic carbocycles. The van der Waals surface area contributed by atoms with Gasteiger partial charge in [-0.2, -0.15) is 0 Å². The van der Waals surface area contributed by atoms with E-state index in [0.717, 1.165) is 0 Å². The van der Waals surface area contributed by atoms with Gasteiger partial charge in [-0.1, -0.05) is 6.07 Å². The number of rotatable bonds is 2. The first-order valence-electron chi connectivity index (χ1n) is 4.46. The SMILES string of the molecule is N[C@]1(OC=O)CCc2c1ccc(Br)c2F. The number of nitrogens with two attached hydrogens (primary N) is 1. The molecule has 3 nitrogen and oxygen atoms in total. The molecule has 1 aliphatic carbocycles. The summed E-state index contributed by atoms with van der Waals surface area (Å²) >= 11 is 3.10. The molecule has 0 saturated carbocycles. The van der Waals surface area contributed by atoms with Crippen LogP contribution in [0.5, 0.6) is 0 Å². The van der Waals surface area contributed by atoms with Gasteiger partial charge in [-0.15, -0.1) is 0 Å². The number of carbonyl (C=O) groups excluding carboxylic acids is 1. The highest BCUT2D eigenvalue weighted by atomic mass is 79.9. The molecule has 0 radical (unpaired) electrons. The van der Waals surface area contributed by atoms with Crippen LogP contribution in [-0.2, 0) is 21.7 Å². The standard InChI is InChI=1S/C10H9BrFNO2/c11-8-2-1-7-6(9(8)12)3-4-10(7,13)15-5-14/h1-2,5H,3-4,13H2/t10-/m0/s1. The summed E-state index contributed by atoms with van der Waals surface area (Å²) in [6.45, 7) is 0.301. The second-order valence-electron chi connectivity index (χ2n) is 3.49. The van der Waals surface area contributed by atoms with E-state index < -0.39 is 5.72 Å². The Balaban J connectivity index is 2.53. The van der Waals surface area contributed by atoms with E-state index in [1.165, 1.54) is 0 Å². The van der Waals surface area contributed by atoms with Crippen molar-refractivity contribution >= 4 is 22.4 Å². The summed E-state index contributed by atoms with van der Waals surface area (Å²) in [5.74, 6) is -0.325. The fourth-order valence-electron chi connectivity index (χ4n) is 1.89. The largest absolute Gasteiger partial charge is 0.442 e. The summed E-state index contributed by atoms with van der Waals surface area (Å²) in [5, 5.41) is 0. The molecule has 1 aliphatic rings. The van der Waals surface area contributed by atoms with Crippen LogP contribution in [0.2, 0.25) is 0 Å². The van der Waals surface area contributed by atoms with Crippen molar-refractivity contribution in [2.24, 2.45) is 5.73 Å². The maximum Gasteiger partial charge on any atom is 0.295 e. The number of fused-ring (bicyclic) bond motifs is 1. The smallest absolute Gasteiger partial charge is 0.295 e. The zero-order chi connectivity index (χ0) is 11.1. The molecule has 0 fully saturated rings. The van der Waals surface area contributed by atoms with E-state index in [4.69, 9.17) is 10.5 Å². The van der Waals surface area contributed by atoms with E-state index in [1.54, 1.807) is 12.1 Å². The van der Waals surface area contributed by atoms with Crippen LogP contribution in [-0.4, -0.2) is 6.47 Å². The maximum absolute atomic E-state index is 13.6. The van der Waals surface area contributed by atoms with Crippen molar-refractivity contribution in [3.8, 4) is 0 Å². The van der Waals surface area contributed by atoms with Gasteiger partial charge in [0.05, 0.1) is 4.47 Å². The lowest BCUT2D eigenvalue weighted by molar-refractivity contribution is -0.144. The van der Waals surface area contributed by atoms with E-state index >= 15 is 0 Å². The van der Waals surface area contributed by atoms with E-state index in [1.807, 2.05) is 0 Å². The van der Waals surface area contributed by atoms with Crippen LogP contribution in [0.3, 0.4) is 0 Å². The van der Waals surface area contributed by atoms with Gasteiger partial charge in [0.25, 0.3) is 6.47 Å². The third-order valence-electron chi connectivity index (χ3n) is 2.66. The highest BCUT2D eigenvalue weighted by Crippen LogP contribution is 2.38. The van der Waals surface area contributed by atoms with Crippen molar-refractivity contribution < 1.29 is 13.9 Å². The Labute approximate surface area is 94.5 Å². The first-order chi connectivity index (χ1) is 7.08. The van der Waals surface area contributed by atoms with Gasteiger partial charge in [-0.05, 0) is 34.0 Å². The monoisotopic (exact) mass is 273 g/mol. The van der Waals surface area contributed by atoms with E-state index in [2.05, 4.69) is 15.9 Å². The topological polar surface area (TPSA) is 52.3 Å². The van der Waals surface area contributed by atoms with Gasteiger partial charge < -0.3 is 4.74 Å². The summed E-state index contributed by atoms with van der Waals surface area (Å²) in [6.07, 6.45) is 0.888. The van der Waals surface area contributed by atoms with Gasteiger partial charge in [0.2, 0.25) is 0 Å². The molecule has 5 heteroatoms. The molecule has 80 valence electrons. The van der Waals surface area contributed by atoms with E-state index in [0.29, 0.717) is 34.9 Å². The summed E-state index contributed by atoms with van der Waals surface area (Å²) in [5.41, 5.74) is 5.77. The van der Waals surface area contributed by atoms with Crippen LogP contribution in [0.1, 0.15) is 17.5 Å². The quantitative estimate of drug-likeness (QED) is 0.661. The van der Waals surface area contributed by atoms with Crippen LogP contribution in [0, 0.1) is 5.82 Å². The third-order valence-corrected chi connectivity index (χ3v) is 3.27. The van der Waals surface area contributed by atoms with Crippen molar-refractivity contribution in [2.75, 3.05) is 0 Å². The number of carbonyl (C=O) groups is 1. The predicted molar refractivity (Wildman–Crippen MR) is 55.4 cm³/mol. The zero-order valence-electron chi connectivity index (χ0n) is 7.80. The van der Waals surface area contributed by atoms with Crippen molar-refractivity contribution in [2.45, 2.75) is 18.6 Å². The Morgan fingerprint density at radius 1 is 1.60 bits per heavy atom. The van der Waals surface area contributed by atoms with Gasteiger partial charge in [-0.3, -0.25) is 10.5 Å². The Morgan fingerprint density at radius 2 is 2.33 bits per heavy atom. The van der Waals surface area contributed by atoms with E-state index in [-0.39, 0.29) is 5.82 Å². The number of hydrogen-bond donors (Lipinski definition) is 1. The molecular formula is C10H9BrFNO2. The lowest BCUT2D eigenvalue weighted by Crippen LogP contribution is -2.36. The molecule has 0 heterocycles. The molecule has 0 aliphatic heterocycles. The number of ether oxygens (including phenoxy) is 1. The van der Waals surface area contributed by atoms with Gasteiger partial charge in [-0.25, -0.2) is 4.39 Å². The molecule has 2 rings (SSSR count). The highest BCUT2D eigenvalue weighted by Gasteiger charge is 2.38. The number of benzene rings is 1. The molecule has 2 N–H and O–H groups in total. The summed E-state index contributed by atoms with van der Waals surface area (Å²) in [7, 11) is 0. The molecule has 1 atom stereocenters. The van der Waals surface area contributed by atoms with Gasteiger partial charge in [0.15, 0.2) is 5.72 Å². The maximum atomic E-state index is 13.6. The van der Waals surface area contributed by atoms with E-state index in [9.17, 15) is 9.18 Å². The van der Waals surface area contributed by atoms with Crippen LogP contribution in [0.25, 0.3) is 0 Å². The molecule has 0 amide bonds. The van der Waals surface area contributed by atoms with Crippen molar-refractivity contribution in [1.29, 1.82) is 0 Å². The predicted octanol–water partition coefficient (Wildman–Crippen LogP) is 1.82. The summed E-state index contributed by atoms with van der Waals surface area (Å²) in [6, 6.07) is 3.24. The van der Waals surface area contributed by atoms with Crippen molar-refractivity contribution in [1.82, 2.24) is 0 Å². The van der Waals surface area contributed by atoms with Crippen LogP contribution in [0.4, 0.5) is 4.39 Å². The molecule has 0 saturated heterocycles. The van der Waals surface area contributed by atoms with Gasteiger partial charge in [0.1, 0.15) is 5.82 Å². The van der Waals surface area contributed by atoms with Crippen molar-refractivity contribution in [3.05, 3.63) is 33.5 Å². The fourth-order valence-corrected chi connectivity index (χ4v) is 2.26. The number of hydrogen-bond acceptors (Lipinski definition) is 3. The van der Waals surface area contributed by atoms with Crippen LogP contribution >= 0.6 is 15.9 Å². The molecule has 0 bridgehead atoms. The summed E-state index contributed by atoms with van der Waals surface area (Å²) < 4.78 is 18.9. The minimum Gasteiger partial charge on any atom is -0.442 e. The second-order valence-corrected chi connectivity index (χ2v) is 4.35. The molecular weight excluding hydrogens is 265 g/mol. The average molecular weight is 274 g/mol. The second kappa shape index (κ2) is 3.57. The minimum absolute atomic E-state index is 0.301. The average Bonchev–Trinajstić information content (AvgIpc) is 2.51. The normalized spacial score (nSPS) is 23.7. The molecule has 1 aromatic rings. The highest BCUT2D eigenvalue weighted by molar-refractivity contribution is 9.10. The lowest BCUT2D eigenvalue weighted by Gasteiger charge is -2.22. The third kappa shape index (κ3) is 1.55. The molecule has 0 spiro atoms. The lowest BCUT2D eigenvalue weighted by atomic mass is 10.1. The first-order valence-corrected chi connectivity index (χ1v) is 5.25. The Hall–Kier alpha value is -0.940. The van der Waals surface area contributed by atoms with Gasteiger partial charge in [0, 0.05) is 12.0 Å². The fraction of sp³-hybridized carbons (Fsp3) is 0.300. The molecule has 15 heavy (non-hydrogen) atoms. The first kappa shape index (κ1) is 10.6. The van der Waals surface area contributed by atoms with Crippen molar-refractivity contribution in [3.63, 3.8) is 0 Å². The summed E-state index contributed by atoms with van der Waals surface area (Å²) in [4.78, 5) is 10.3. The Kier molecular flexibility index (Phi) is 2.52. The number of halogens is 2. The van der Waals surface area contributed by atoms with Crippen LogP contribution in [0.15, 0.2) is 16.6 Å². The Morgan fingerprint density at radius 3 is 3.00 bits per heavy atom. The Bertz CT molecular complexity index is 424. The zero-order valence-corrected chi connectivity index (χ0v) is 9.38.